The number of nitrogens with two attached hydrogens (primary N) is 1. The molecule has 2 N–H and O–H groups in total. The van der Waals surface area contributed by atoms with E-state index in [0.717, 1.165) is 25.0 Å². The van der Waals surface area contributed by atoms with E-state index < -0.39 is 0 Å². The average Bonchev–Trinajstić information content (AvgIpc) is 2.50. The summed E-state index contributed by atoms with van der Waals surface area (Å²) in [6.07, 6.45) is 6.45. The van der Waals surface area contributed by atoms with Crippen molar-refractivity contribution in [3.05, 3.63) is 59.9 Å². The zero-order chi connectivity index (χ0) is 14.2. The van der Waals surface area contributed by atoms with Crippen LogP contribution in [0.5, 0.6) is 5.75 Å². The topological polar surface area (TPSA) is 48.1 Å². The van der Waals surface area contributed by atoms with E-state index in [1.54, 1.807) is 6.20 Å². The molecule has 0 saturated heterocycles. The molecule has 0 aliphatic heterocycles. The lowest BCUT2D eigenvalue weighted by Gasteiger charge is -2.10. The molecule has 2 aromatic rings. The molecule has 3 heteroatoms. The van der Waals surface area contributed by atoms with E-state index >= 15 is 0 Å². The van der Waals surface area contributed by atoms with Gasteiger partial charge in [-0.05, 0) is 42.2 Å². The number of benzene rings is 1. The Morgan fingerprint density at radius 1 is 1.15 bits per heavy atom. The first kappa shape index (κ1) is 14.5. The third-order valence-electron chi connectivity index (χ3n) is 3.33. The molecule has 0 bridgehead atoms. The Balaban J connectivity index is 1.79. The van der Waals surface area contributed by atoms with E-state index in [2.05, 4.69) is 30.1 Å². The molecule has 1 unspecified atom stereocenters. The Bertz CT molecular complexity index is 496. The maximum absolute atomic E-state index is 5.95. The molecule has 1 aromatic carbocycles. The number of hydrogen-bond donors (Lipinski definition) is 1. The van der Waals surface area contributed by atoms with Crippen molar-refractivity contribution in [2.45, 2.75) is 32.2 Å². The maximum atomic E-state index is 5.95. The second-order valence-electron chi connectivity index (χ2n) is 4.98. The van der Waals surface area contributed by atoms with Crippen molar-refractivity contribution in [1.82, 2.24) is 4.98 Å². The normalized spacial score (nSPS) is 12.1. The number of rotatable bonds is 7. The number of ether oxygens (including phenoxy) is 1. The summed E-state index contributed by atoms with van der Waals surface area (Å²) in [7, 11) is 0. The SMILES string of the molecule is CCC(N)Cc1ccc(OCCc2cccnc2)cc1. The van der Waals surface area contributed by atoms with E-state index in [-0.39, 0.29) is 6.04 Å². The highest BCUT2D eigenvalue weighted by Gasteiger charge is 2.02. The standard InChI is InChI=1S/C17H22N2O/c1-2-16(18)12-14-5-7-17(8-6-14)20-11-9-15-4-3-10-19-13-15/h3-8,10,13,16H,2,9,11-12,18H2,1H3. The molecule has 1 heterocycles. The molecule has 3 nitrogen and oxygen atoms in total. The minimum Gasteiger partial charge on any atom is -0.493 e. The van der Waals surface area contributed by atoms with Gasteiger partial charge >= 0.3 is 0 Å². The summed E-state index contributed by atoms with van der Waals surface area (Å²) in [5.74, 6) is 0.905. The fourth-order valence-electron chi connectivity index (χ4n) is 2.00. The van der Waals surface area contributed by atoms with E-state index in [9.17, 15) is 0 Å². The van der Waals surface area contributed by atoms with Crippen LogP contribution in [0.3, 0.4) is 0 Å². The molecular formula is C17H22N2O. The lowest BCUT2D eigenvalue weighted by Crippen LogP contribution is -2.21. The van der Waals surface area contributed by atoms with Gasteiger partial charge in [0.25, 0.3) is 0 Å². The molecule has 1 atom stereocenters. The Hall–Kier alpha value is -1.87. The number of aromatic nitrogens is 1. The monoisotopic (exact) mass is 270 g/mol. The predicted molar refractivity (Wildman–Crippen MR) is 81.8 cm³/mol. The molecule has 0 aliphatic rings. The first-order valence-corrected chi connectivity index (χ1v) is 7.14. The zero-order valence-electron chi connectivity index (χ0n) is 12.0. The van der Waals surface area contributed by atoms with Crippen molar-refractivity contribution >= 4 is 0 Å². The van der Waals surface area contributed by atoms with Crippen molar-refractivity contribution in [3.63, 3.8) is 0 Å². The first-order valence-electron chi connectivity index (χ1n) is 7.14. The van der Waals surface area contributed by atoms with Gasteiger partial charge in [-0.15, -0.1) is 0 Å². The summed E-state index contributed by atoms with van der Waals surface area (Å²) in [6.45, 7) is 2.78. The van der Waals surface area contributed by atoms with Crippen LogP contribution in [0, 0.1) is 0 Å². The summed E-state index contributed by atoms with van der Waals surface area (Å²) in [6, 6.07) is 12.5. The summed E-state index contributed by atoms with van der Waals surface area (Å²) < 4.78 is 5.74. The zero-order valence-corrected chi connectivity index (χ0v) is 12.0. The van der Waals surface area contributed by atoms with Crippen LogP contribution in [0.4, 0.5) is 0 Å². The fourth-order valence-corrected chi connectivity index (χ4v) is 2.00. The summed E-state index contributed by atoms with van der Waals surface area (Å²) in [5, 5.41) is 0. The van der Waals surface area contributed by atoms with Gasteiger partial charge in [0.15, 0.2) is 0 Å². The highest BCUT2D eigenvalue weighted by Crippen LogP contribution is 2.14. The average molecular weight is 270 g/mol. The van der Waals surface area contributed by atoms with Gasteiger partial charge in [0.2, 0.25) is 0 Å². The van der Waals surface area contributed by atoms with Crippen LogP contribution in [-0.4, -0.2) is 17.6 Å². The van der Waals surface area contributed by atoms with Gasteiger partial charge in [-0.1, -0.05) is 25.1 Å². The Kier molecular flexibility index (Phi) is 5.56. The fraction of sp³-hybridized carbons (Fsp3) is 0.353. The van der Waals surface area contributed by atoms with Crippen LogP contribution in [0.2, 0.25) is 0 Å². The van der Waals surface area contributed by atoms with Gasteiger partial charge in [0, 0.05) is 24.9 Å². The van der Waals surface area contributed by atoms with Crippen LogP contribution in [0.25, 0.3) is 0 Å². The quantitative estimate of drug-likeness (QED) is 0.841. The van der Waals surface area contributed by atoms with Gasteiger partial charge in [-0.3, -0.25) is 4.98 Å². The largest absolute Gasteiger partial charge is 0.493 e. The summed E-state index contributed by atoms with van der Waals surface area (Å²) >= 11 is 0. The second-order valence-corrected chi connectivity index (χ2v) is 4.98. The Labute approximate surface area is 120 Å². The molecule has 0 spiro atoms. The third kappa shape index (κ3) is 4.67. The summed E-state index contributed by atoms with van der Waals surface area (Å²) in [4.78, 5) is 4.09. The van der Waals surface area contributed by atoms with Gasteiger partial charge in [0.05, 0.1) is 6.61 Å². The third-order valence-corrected chi connectivity index (χ3v) is 3.33. The smallest absolute Gasteiger partial charge is 0.119 e. The van der Waals surface area contributed by atoms with Crippen molar-refractivity contribution in [1.29, 1.82) is 0 Å². The molecule has 106 valence electrons. The molecule has 0 fully saturated rings. The first-order chi connectivity index (χ1) is 9.78. The predicted octanol–water partition coefficient (Wildman–Crippen LogP) is 2.98. The second kappa shape index (κ2) is 7.65. The molecule has 1 aromatic heterocycles. The van der Waals surface area contributed by atoms with Crippen LogP contribution >= 0.6 is 0 Å². The van der Waals surface area contributed by atoms with Gasteiger partial charge in [-0.2, -0.15) is 0 Å². The molecular weight excluding hydrogens is 248 g/mol. The molecule has 0 amide bonds. The Morgan fingerprint density at radius 3 is 2.60 bits per heavy atom. The van der Waals surface area contributed by atoms with Crippen LogP contribution < -0.4 is 10.5 Å². The van der Waals surface area contributed by atoms with E-state index in [4.69, 9.17) is 10.5 Å². The maximum Gasteiger partial charge on any atom is 0.119 e. The number of pyridine rings is 1. The van der Waals surface area contributed by atoms with E-state index in [0.29, 0.717) is 6.61 Å². The van der Waals surface area contributed by atoms with Crippen molar-refractivity contribution in [2.24, 2.45) is 5.73 Å². The highest BCUT2D eigenvalue weighted by atomic mass is 16.5. The van der Waals surface area contributed by atoms with Gasteiger partial charge in [0.1, 0.15) is 5.75 Å². The van der Waals surface area contributed by atoms with E-state index in [1.807, 2.05) is 24.4 Å². The van der Waals surface area contributed by atoms with Crippen molar-refractivity contribution < 1.29 is 4.74 Å². The van der Waals surface area contributed by atoms with Crippen LogP contribution in [-0.2, 0) is 12.8 Å². The lowest BCUT2D eigenvalue weighted by molar-refractivity contribution is 0.321. The van der Waals surface area contributed by atoms with Crippen LogP contribution in [0.15, 0.2) is 48.8 Å². The highest BCUT2D eigenvalue weighted by molar-refractivity contribution is 5.27. The molecule has 20 heavy (non-hydrogen) atoms. The minimum atomic E-state index is 0.243. The van der Waals surface area contributed by atoms with Crippen molar-refractivity contribution in [2.75, 3.05) is 6.61 Å². The summed E-state index contributed by atoms with van der Waals surface area (Å²) in [5.41, 5.74) is 8.41. The van der Waals surface area contributed by atoms with E-state index in [1.165, 1.54) is 11.1 Å². The number of hydrogen-bond acceptors (Lipinski definition) is 3. The minimum absolute atomic E-state index is 0.243. The molecule has 2 rings (SSSR count). The van der Waals surface area contributed by atoms with Gasteiger partial charge in [-0.25, -0.2) is 0 Å². The van der Waals surface area contributed by atoms with Crippen molar-refractivity contribution in [3.8, 4) is 5.75 Å². The van der Waals surface area contributed by atoms with Crippen LogP contribution in [0.1, 0.15) is 24.5 Å². The molecule has 0 radical (unpaired) electrons. The lowest BCUT2D eigenvalue weighted by atomic mass is 10.0. The Morgan fingerprint density at radius 2 is 1.95 bits per heavy atom. The number of nitrogens with zero attached hydrogens (tertiary/aromatic N) is 1. The van der Waals surface area contributed by atoms with Gasteiger partial charge < -0.3 is 10.5 Å². The molecule has 0 aliphatic carbocycles. The molecule has 0 saturated carbocycles.